The van der Waals surface area contributed by atoms with Crippen LogP contribution < -0.4 is 0 Å². The van der Waals surface area contributed by atoms with Crippen molar-refractivity contribution < 1.29 is 4.79 Å². The van der Waals surface area contributed by atoms with Crippen LogP contribution in [0.25, 0.3) is 11.2 Å². The SMILES string of the molecule is CCN(CC)C(=O)C(C)n1c(=S)[nH]c2cc(C)cnc21. The number of likely N-dealkylation sites (N-methyl/N-ethyl adjacent to an activating group) is 1. The number of aryl methyl sites for hydroxylation is 1. The van der Waals surface area contributed by atoms with Crippen molar-refractivity contribution in [1.82, 2.24) is 19.4 Å². The van der Waals surface area contributed by atoms with Gasteiger partial charge in [0.15, 0.2) is 10.4 Å². The molecule has 6 heteroatoms. The van der Waals surface area contributed by atoms with Gasteiger partial charge in [0.2, 0.25) is 5.91 Å². The van der Waals surface area contributed by atoms with Gasteiger partial charge in [0.1, 0.15) is 6.04 Å². The predicted molar refractivity (Wildman–Crippen MR) is 82.3 cm³/mol. The Balaban J connectivity index is 2.49. The molecule has 1 unspecified atom stereocenters. The third-order valence-corrected chi connectivity index (χ3v) is 3.81. The Morgan fingerprint density at radius 2 is 2.15 bits per heavy atom. The molecule has 2 aromatic heterocycles. The Labute approximate surface area is 123 Å². The van der Waals surface area contributed by atoms with Crippen LogP contribution in [0.1, 0.15) is 32.4 Å². The number of aromatic nitrogens is 3. The van der Waals surface area contributed by atoms with Crippen molar-refractivity contribution in [1.29, 1.82) is 0 Å². The van der Waals surface area contributed by atoms with Crippen molar-refractivity contribution in [3.05, 3.63) is 22.6 Å². The van der Waals surface area contributed by atoms with Crippen LogP contribution in [0.3, 0.4) is 0 Å². The van der Waals surface area contributed by atoms with E-state index >= 15 is 0 Å². The van der Waals surface area contributed by atoms with Gasteiger partial charge < -0.3 is 9.88 Å². The van der Waals surface area contributed by atoms with E-state index in [1.54, 1.807) is 15.7 Å². The molecular formula is C14H20N4OS. The fourth-order valence-electron chi connectivity index (χ4n) is 2.39. The van der Waals surface area contributed by atoms with Crippen LogP contribution in [0, 0.1) is 11.7 Å². The second-order valence-corrected chi connectivity index (χ2v) is 5.26. The van der Waals surface area contributed by atoms with Gasteiger partial charge in [-0.25, -0.2) is 4.98 Å². The molecule has 0 aliphatic rings. The third-order valence-electron chi connectivity index (χ3n) is 3.51. The van der Waals surface area contributed by atoms with Crippen molar-refractivity contribution in [2.24, 2.45) is 0 Å². The van der Waals surface area contributed by atoms with Crippen LogP contribution in [-0.4, -0.2) is 38.4 Å². The Morgan fingerprint density at radius 3 is 2.75 bits per heavy atom. The summed E-state index contributed by atoms with van der Waals surface area (Å²) in [5, 5.41) is 0. The second-order valence-electron chi connectivity index (χ2n) is 4.87. The van der Waals surface area contributed by atoms with Gasteiger partial charge in [-0.2, -0.15) is 0 Å². The van der Waals surface area contributed by atoms with Gasteiger partial charge in [0.25, 0.3) is 0 Å². The van der Waals surface area contributed by atoms with Crippen molar-refractivity contribution in [3.63, 3.8) is 0 Å². The maximum atomic E-state index is 12.5. The van der Waals surface area contributed by atoms with E-state index in [0.717, 1.165) is 16.7 Å². The number of carbonyl (C=O) groups excluding carboxylic acids is 1. The first kappa shape index (κ1) is 14.7. The van der Waals surface area contributed by atoms with E-state index in [4.69, 9.17) is 12.2 Å². The molecule has 108 valence electrons. The molecule has 5 nitrogen and oxygen atoms in total. The average Bonchev–Trinajstić information content (AvgIpc) is 2.74. The number of carbonyl (C=O) groups is 1. The number of nitrogens with zero attached hydrogens (tertiary/aromatic N) is 3. The summed E-state index contributed by atoms with van der Waals surface area (Å²) in [5.74, 6) is 0.0642. The van der Waals surface area contributed by atoms with Gasteiger partial charge in [-0.1, -0.05) is 0 Å². The van der Waals surface area contributed by atoms with E-state index in [1.807, 2.05) is 33.8 Å². The Hall–Kier alpha value is -1.69. The number of pyridine rings is 1. The molecule has 0 aliphatic carbocycles. The molecule has 0 radical (unpaired) electrons. The molecule has 2 rings (SSSR count). The number of fused-ring (bicyclic) bond motifs is 1. The number of H-pyrrole nitrogens is 1. The maximum absolute atomic E-state index is 12.5. The topological polar surface area (TPSA) is 53.9 Å². The van der Waals surface area contributed by atoms with E-state index in [0.29, 0.717) is 17.9 Å². The highest BCUT2D eigenvalue weighted by atomic mass is 32.1. The standard InChI is InChI=1S/C14H20N4OS/c1-5-17(6-2)13(19)10(4)18-12-11(16-14(18)20)7-9(3)8-15-12/h7-8,10H,5-6H2,1-4H3,(H,16,20). The molecule has 0 saturated heterocycles. The lowest BCUT2D eigenvalue weighted by Gasteiger charge is -2.23. The summed E-state index contributed by atoms with van der Waals surface area (Å²) in [6.07, 6.45) is 1.79. The zero-order valence-electron chi connectivity index (χ0n) is 12.3. The van der Waals surface area contributed by atoms with E-state index in [2.05, 4.69) is 9.97 Å². The van der Waals surface area contributed by atoms with Crippen LogP contribution >= 0.6 is 12.2 Å². The fraction of sp³-hybridized carbons (Fsp3) is 0.500. The smallest absolute Gasteiger partial charge is 0.245 e. The molecule has 2 aromatic rings. The van der Waals surface area contributed by atoms with Crippen LogP contribution in [0.5, 0.6) is 0 Å². The first-order valence-corrected chi connectivity index (χ1v) is 7.26. The number of hydrogen-bond acceptors (Lipinski definition) is 3. The maximum Gasteiger partial charge on any atom is 0.245 e. The molecule has 1 N–H and O–H groups in total. The molecule has 0 spiro atoms. The monoisotopic (exact) mass is 292 g/mol. The molecule has 2 heterocycles. The van der Waals surface area contributed by atoms with Gasteiger partial charge in [-0.05, 0) is 51.5 Å². The van der Waals surface area contributed by atoms with Crippen molar-refractivity contribution >= 4 is 29.3 Å². The van der Waals surface area contributed by atoms with E-state index in [1.165, 1.54) is 0 Å². The Morgan fingerprint density at radius 1 is 1.50 bits per heavy atom. The lowest BCUT2D eigenvalue weighted by molar-refractivity contribution is -0.133. The minimum atomic E-state index is -0.355. The summed E-state index contributed by atoms with van der Waals surface area (Å²) in [4.78, 5) is 21.8. The van der Waals surface area contributed by atoms with Gasteiger partial charge >= 0.3 is 0 Å². The van der Waals surface area contributed by atoms with Crippen molar-refractivity contribution in [3.8, 4) is 0 Å². The minimum Gasteiger partial charge on any atom is -0.341 e. The first-order valence-electron chi connectivity index (χ1n) is 6.85. The fourth-order valence-corrected chi connectivity index (χ4v) is 2.74. The highest BCUT2D eigenvalue weighted by Gasteiger charge is 2.22. The number of aromatic amines is 1. The van der Waals surface area contributed by atoms with Gasteiger partial charge in [-0.15, -0.1) is 0 Å². The lowest BCUT2D eigenvalue weighted by atomic mass is 10.2. The van der Waals surface area contributed by atoms with E-state index in [-0.39, 0.29) is 11.9 Å². The molecule has 0 aromatic carbocycles. The molecule has 0 fully saturated rings. The lowest BCUT2D eigenvalue weighted by Crippen LogP contribution is -2.36. The minimum absolute atomic E-state index is 0.0642. The molecule has 0 aliphatic heterocycles. The molecule has 1 atom stereocenters. The molecular weight excluding hydrogens is 272 g/mol. The highest BCUT2D eigenvalue weighted by molar-refractivity contribution is 7.71. The molecule has 20 heavy (non-hydrogen) atoms. The average molecular weight is 292 g/mol. The summed E-state index contributed by atoms with van der Waals surface area (Å²) in [5.41, 5.74) is 2.66. The van der Waals surface area contributed by atoms with Gasteiger partial charge in [-0.3, -0.25) is 9.36 Å². The van der Waals surface area contributed by atoms with Gasteiger partial charge in [0.05, 0.1) is 5.52 Å². The number of imidazole rings is 1. The summed E-state index contributed by atoms with van der Waals surface area (Å²) in [6, 6.07) is 1.63. The van der Waals surface area contributed by atoms with Crippen LogP contribution in [0.15, 0.2) is 12.3 Å². The summed E-state index contributed by atoms with van der Waals surface area (Å²) in [7, 11) is 0. The number of amides is 1. The molecule has 1 amide bonds. The quantitative estimate of drug-likeness (QED) is 0.882. The predicted octanol–water partition coefficient (Wildman–Crippen LogP) is 2.83. The zero-order chi connectivity index (χ0) is 14.9. The van der Waals surface area contributed by atoms with Crippen molar-refractivity contribution in [2.75, 3.05) is 13.1 Å². The van der Waals surface area contributed by atoms with Crippen molar-refractivity contribution in [2.45, 2.75) is 33.7 Å². The van der Waals surface area contributed by atoms with E-state index < -0.39 is 0 Å². The van der Waals surface area contributed by atoms with Crippen LogP contribution in [-0.2, 0) is 4.79 Å². The Kier molecular flexibility index (Phi) is 4.23. The second kappa shape index (κ2) is 5.75. The van der Waals surface area contributed by atoms with Gasteiger partial charge in [0, 0.05) is 19.3 Å². The number of rotatable bonds is 4. The molecule has 0 saturated carbocycles. The van der Waals surface area contributed by atoms with Crippen LogP contribution in [0.2, 0.25) is 0 Å². The summed E-state index contributed by atoms with van der Waals surface area (Å²) < 4.78 is 2.33. The number of nitrogens with one attached hydrogen (secondary N) is 1. The third kappa shape index (κ3) is 2.47. The summed E-state index contributed by atoms with van der Waals surface area (Å²) >= 11 is 5.35. The Bertz CT molecular complexity index is 684. The largest absolute Gasteiger partial charge is 0.341 e. The normalized spacial score (nSPS) is 12.6. The summed E-state index contributed by atoms with van der Waals surface area (Å²) in [6.45, 7) is 9.19. The van der Waals surface area contributed by atoms with Crippen LogP contribution in [0.4, 0.5) is 0 Å². The number of hydrogen-bond donors (Lipinski definition) is 1. The van der Waals surface area contributed by atoms with E-state index in [9.17, 15) is 4.79 Å². The highest BCUT2D eigenvalue weighted by Crippen LogP contribution is 2.19. The molecule has 0 bridgehead atoms. The first-order chi connectivity index (χ1) is 9.49. The zero-order valence-corrected chi connectivity index (χ0v) is 13.1.